The summed E-state index contributed by atoms with van der Waals surface area (Å²) in [4.78, 5) is 0. The largest absolute Gasteiger partial charge is 0.192 e. The van der Waals surface area contributed by atoms with Gasteiger partial charge >= 0.3 is 0 Å². The van der Waals surface area contributed by atoms with Crippen LogP contribution in [0.25, 0.3) is 11.1 Å². The summed E-state index contributed by atoms with van der Waals surface area (Å²) in [5.41, 5.74) is 4.62. The number of hydrogen-bond acceptors (Lipinski definition) is 1. The van der Waals surface area contributed by atoms with Crippen LogP contribution in [0, 0.1) is 23.2 Å². The molecule has 1 saturated carbocycles. The molecule has 0 aliphatic heterocycles. The summed E-state index contributed by atoms with van der Waals surface area (Å²) < 4.78 is 0. The van der Waals surface area contributed by atoms with Gasteiger partial charge in [0.05, 0.1) is 11.6 Å². The fourth-order valence-corrected chi connectivity index (χ4v) is 3.80. The van der Waals surface area contributed by atoms with Crippen molar-refractivity contribution >= 4 is 0 Å². The van der Waals surface area contributed by atoms with E-state index in [1.807, 2.05) is 24.3 Å². The molecule has 0 radical (unpaired) electrons. The third-order valence-corrected chi connectivity index (χ3v) is 5.44. The molecule has 3 rings (SSSR count). The van der Waals surface area contributed by atoms with Crippen LogP contribution in [0.1, 0.15) is 56.6 Å². The Morgan fingerprint density at radius 2 is 1.35 bits per heavy atom. The number of rotatable bonds is 3. The minimum Gasteiger partial charge on any atom is -0.192 e. The molecule has 23 heavy (non-hydrogen) atoms. The van der Waals surface area contributed by atoms with Crippen molar-refractivity contribution in [2.24, 2.45) is 11.8 Å². The van der Waals surface area contributed by atoms with Crippen LogP contribution < -0.4 is 0 Å². The molecule has 118 valence electrons. The first kappa shape index (κ1) is 15.8. The smallest absolute Gasteiger partial charge is 0.0991 e. The first-order valence-corrected chi connectivity index (χ1v) is 8.78. The van der Waals surface area contributed by atoms with Gasteiger partial charge in [-0.1, -0.05) is 50.2 Å². The van der Waals surface area contributed by atoms with Crippen molar-refractivity contribution in [2.75, 3.05) is 0 Å². The first-order chi connectivity index (χ1) is 11.2. The van der Waals surface area contributed by atoms with Gasteiger partial charge in [0.15, 0.2) is 0 Å². The minimum atomic E-state index is 0.715. The average Bonchev–Trinajstić information content (AvgIpc) is 2.62. The van der Waals surface area contributed by atoms with E-state index in [1.54, 1.807) is 0 Å². The highest BCUT2D eigenvalue weighted by atomic mass is 14.3. The zero-order valence-electron chi connectivity index (χ0n) is 14.1. The van der Waals surface area contributed by atoms with E-state index in [2.05, 4.69) is 44.2 Å². The molecule has 0 saturated heterocycles. The molecule has 1 aliphatic rings. The lowest BCUT2D eigenvalue weighted by atomic mass is 9.74. The Bertz CT molecular complexity index is 665. The maximum atomic E-state index is 8.88. The van der Waals surface area contributed by atoms with Crippen molar-refractivity contribution in [3.05, 3.63) is 59.7 Å². The first-order valence-electron chi connectivity index (χ1n) is 8.78. The summed E-state index contributed by atoms with van der Waals surface area (Å²) in [6.45, 7) is 4.72. The quantitative estimate of drug-likeness (QED) is 0.666. The maximum absolute atomic E-state index is 8.88. The minimum absolute atomic E-state index is 0.715. The molecular formula is C22H25N. The van der Waals surface area contributed by atoms with Crippen LogP contribution in [-0.2, 0) is 0 Å². The van der Waals surface area contributed by atoms with Gasteiger partial charge in [0.1, 0.15) is 0 Å². The summed E-state index contributed by atoms with van der Waals surface area (Å²) in [5, 5.41) is 8.88. The Morgan fingerprint density at radius 3 is 1.83 bits per heavy atom. The van der Waals surface area contributed by atoms with Gasteiger partial charge in [0, 0.05) is 0 Å². The normalized spacial score (nSPS) is 21.1. The molecular weight excluding hydrogens is 278 g/mol. The molecule has 0 heterocycles. The fourth-order valence-electron chi connectivity index (χ4n) is 3.80. The Kier molecular flexibility index (Phi) is 4.82. The molecule has 0 bridgehead atoms. The van der Waals surface area contributed by atoms with Crippen molar-refractivity contribution in [1.29, 1.82) is 5.26 Å². The third-order valence-electron chi connectivity index (χ3n) is 5.44. The molecule has 1 nitrogen and oxygen atoms in total. The van der Waals surface area contributed by atoms with Gasteiger partial charge in [-0.2, -0.15) is 5.26 Å². The second-order valence-corrected chi connectivity index (χ2v) is 7.17. The molecule has 0 unspecified atom stereocenters. The maximum Gasteiger partial charge on any atom is 0.0991 e. The van der Waals surface area contributed by atoms with Crippen molar-refractivity contribution in [1.82, 2.24) is 0 Å². The van der Waals surface area contributed by atoms with Crippen LogP contribution in [0.3, 0.4) is 0 Å². The molecule has 2 aromatic rings. The molecule has 1 fully saturated rings. The average molecular weight is 303 g/mol. The van der Waals surface area contributed by atoms with Gasteiger partial charge in [0.2, 0.25) is 0 Å². The standard InChI is InChI=1S/C22H25N/c1-16(2)18-7-9-20(10-8-18)22-13-11-21(12-14-22)19-5-3-17(15-23)4-6-19/h3-6,11-14,16,18,20H,7-10H2,1-2H3. The van der Waals surface area contributed by atoms with E-state index in [0.717, 1.165) is 17.8 Å². The topological polar surface area (TPSA) is 23.8 Å². The lowest BCUT2D eigenvalue weighted by Crippen LogP contribution is -2.17. The summed E-state index contributed by atoms with van der Waals surface area (Å²) >= 11 is 0. The lowest BCUT2D eigenvalue weighted by Gasteiger charge is -2.31. The Balaban J connectivity index is 1.69. The summed E-state index contributed by atoms with van der Waals surface area (Å²) in [7, 11) is 0. The molecule has 1 heteroatoms. The zero-order chi connectivity index (χ0) is 16.2. The van der Waals surface area contributed by atoms with Crippen molar-refractivity contribution in [3.63, 3.8) is 0 Å². The van der Waals surface area contributed by atoms with Crippen LogP contribution in [0.5, 0.6) is 0 Å². The summed E-state index contributed by atoms with van der Waals surface area (Å²) in [6.07, 6.45) is 5.41. The molecule has 0 N–H and O–H groups in total. The number of nitriles is 1. The highest BCUT2D eigenvalue weighted by Crippen LogP contribution is 2.39. The van der Waals surface area contributed by atoms with Crippen LogP contribution >= 0.6 is 0 Å². The van der Waals surface area contributed by atoms with Crippen LogP contribution in [0.4, 0.5) is 0 Å². The number of benzene rings is 2. The van der Waals surface area contributed by atoms with E-state index >= 15 is 0 Å². The van der Waals surface area contributed by atoms with Gasteiger partial charge in [0.25, 0.3) is 0 Å². The van der Waals surface area contributed by atoms with Crippen LogP contribution in [0.15, 0.2) is 48.5 Å². The third kappa shape index (κ3) is 3.64. The van der Waals surface area contributed by atoms with Crippen molar-refractivity contribution in [2.45, 2.75) is 45.4 Å². The summed E-state index contributed by atoms with van der Waals surface area (Å²) in [5.74, 6) is 2.49. The summed E-state index contributed by atoms with van der Waals surface area (Å²) in [6, 6.07) is 19.1. The Labute approximate surface area is 140 Å². The lowest BCUT2D eigenvalue weighted by molar-refractivity contribution is 0.259. The van der Waals surface area contributed by atoms with Gasteiger partial charge in [-0.15, -0.1) is 0 Å². The van der Waals surface area contributed by atoms with Gasteiger partial charge < -0.3 is 0 Å². The number of nitrogens with zero attached hydrogens (tertiary/aromatic N) is 1. The van der Waals surface area contributed by atoms with Crippen molar-refractivity contribution in [3.8, 4) is 17.2 Å². The molecule has 0 amide bonds. The van der Waals surface area contributed by atoms with Crippen LogP contribution in [0.2, 0.25) is 0 Å². The Hall–Kier alpha value is -2.07. The molecule has 1 aliphatic carbocycles. The van der Waals surface area contributed by atoms with E-state index in [1.165, 1.54) is 42.4 Å². The second-order valence-electron chi connectivity index (χ2n) is 7.17. The number of hydrogen-bond donors (Lipinski definition) is 0. The van der Waals surface area contributed by atoms with E-state index < -0.39 is 0 Å². The van der Waals surface area contributed by atoms with E-state index in [4.69, 9.17) is 5.26 Å². The van der Waals surface area contributed by atoms with E-state index in [-0.39, 0.29) is 0 Å². The van der Waals surface area contributed by atoms with E-state index in [0.29, 0.717) is 5.56 Å². The monoisotopic (exact) mass is 303 g/mol. The SMILES string of the molecule is CC(C)C1CCC(c2ccc(-c3ccc(C#N)cc3)cc2)CC1. The molecule has 2 aromatic carbocycles. The molecule has 0 atom stereocenters. The van der Waals surface area contributed by atoms with E-state index in [9.17, 15) is 0 Å². The molecule has 0 spiro atoms. The van der Waals surface area contributed by atoms with Gasteiger partial charge in [-0.25, -0.2) is 0 Å². The zero-order valence-corrected chi connectivity index (χ0v) is 14.1. The molecule has 0 aromatic heterocycles. The van der Waals surface area contributed by atoms with Gasteiger partial charge in [-0.3, -0.25) is 0 Å². The predicted octanol–water partition coefficient (Wildman–Crippen LogP) is 6.16. The predicted molar refractivity (Wildman–Crippen MR) is 96.1 cm³/mol. The fraction of sp³-hybridized carbons (Fsp3) is 0.409. The second kappa shape index (κ2) is 7.01. The van der Waals surface area contributed by atoms with Crippen LogP contribution in [-0.4, -0.2) is 0 Å². The highest BCUT2D eigenvalue weighted by Gasteiger charge is 2.24. The highest BCUT2D eigenvalue weighted by molar-refractivity contribution is 5.64. The van der Waals surface area contributed by atoms with Crippen molar-refractivity contribution < 1.29 is 0 Å². The Morgan fingerprint density at radius 1 is 0.826 bits per heavy atom. The van der Waals surface area contributed by atoms with Gasteiger partial charge in [-0.05, 0) is 72.3 Å².